The fourth-order valence-electron chi connectivity index (χ4n) is 12.0. The first kappa shape index (κ1) is 95.1. The summed E-state index contributed by atoms with van der Waals surface area (Å²) in [6.07, 6.45) is 58.4. The third-order valence-electron chi connectivity index (χ3n) is 18.6. The first-order valence-corrected chi connectivity index (χ1v) is 43.5. The number of ether oxygens (including phenoxy) is 4. The van der Waals surface area contributed by atoms with Crippen LogP contribution < -0.4 is 0 Å². The lowest BCUT2D eigenvalue weighted by Gasteiger charge is -2.21. The van der Waals surface area contributed by atoms with Crippen molar-refractivity contribution in [3.8, 4) is 0 Å². The van der Waals surface area contributed by atoms with E-state index in [0.29, 0.717) is 25.7 Å². The highest BCUT2D eigenvalue weighted by molar-refractivity contribution is 7.47. The van der Waals surface area contributed by atoms with E-state index in [1.54, 1.807) is 0 Å². The summed E-state index contributed by atoms with van der Waals surface area (Å²) in [7, 11) is -9.91. The molecule has 0 bridgehead atoms. The maximum atomic E-state index is 13.1. The van der Waals surface area contributed by atoms with Crippen LogP contribution in [0.4, 0.5) is 0 Å². The van der Waals surface area contributed by atoms with Crippen LogP contribution in [0.15, 0.2) is 0 Å². The molecular formula is C78H152O17P2. The number of phosphoric ester groups is 2. The molecule has 97 heavy (non-hydrogen) atoms. The quantitative estimate of drug-likeness (QED) is 0.0222. The molecule has 3 unspecified atom stereocenters. The second-order valence-electron chi connectivity index (χ2n) is 28.8. The monoisotopic (exact) mass is 1420 g/mol. The molecule has 6 atom stereocenters. The summed E-state index contributed by atoms with van der Waals surface area (Å²) in [6, 6.07) is 0. The van der Waals surface area contributed by atoms with Crippen LogP contribution in [0.2, 0.25) is 0 Å². The zero-order chi connectivity index (χ0) is 71.4. The summed E-state index contributed by atoms with van der Waals surface area (Å²) in [4.78, 5) is 72.8. The number of rotatable bonds is 77. The minimum absolute atomic E-state index is 0.103. The van der Waals surface area contributed by atoms with Gasteiger partial charge in [0.05, 0.1) is 26.4 Å². The Labute approximate surface area is 594 Å². The highest BCUT2D eigenvalue weighted by atomic mass is 31.2. The van der Waals surface area contributed by atoms with E-state index in [4.69, 9.17) is 37.0 Å². The maximum Gasteiger partial charge on any atom is 0.472 e. The number of phosphoric acid groups is 2. The zero-order valence-corrected chi connectivity index (χ0v) is 65.2. The van der Waals surface area contributed by atoms with Gasteiger partial charge in [-0.05, 0) is 37.5 Å². The molecular weight excluding hydrogens is 1270 g/mol. The van der Waals surface area contributed by atoms with Crippen molar-refractivity contribution in [3.63, 3.8) is 0 Å². The third kappa shape index (κ3) is 70.9. The molecule has 0 aromatic carbocycles. The zero-order valence-electron chi connectivity index (χ0n) is 63.4. The van der Waals surface area contributed by atoms with Crippen LogP contribution in [0.25, 0.3) is 0 Å². The van der Waals surface area contributed by atoms with Crippen molar-refractivity contribution in [1.29, 1.82) is 0 Å². The van der Waals surface area contributed by atoms with Crippen molar-refractivity contribution < 1.29 is 80.2 Å². The van der Waals surface area contributed by atoms with Gasteiger partial charge in [-0.1, -0.05) is 356 Å². The second-order valence-corrected chi connectivity index (χ2v) is 31.7. The molecule has 0 saturated heterocycles. The SMILES string of the molecule is CCCCCCCCCCCCCCCCCCCCC(=O)OC[C@H](COP(=O)(O)OC[C@@H](O)COP(=O)(O)OC[C@@H](COC(=O)CCCCCCCCCCCC)OC(=O)CCCCCCCCC(C)CC)OC(=O)CCCCCCCCCCCCCCCCCCC(C)C. The van der Waals surface area contributed by atoms with Crippen LogP contribution in [0.3, 0.4) is 0 Å². The predicted octanol–water partition coefficient (Wildman–Crippen LogP) is 23.1. The van der Waals surface area contributed by atoms with E-state index in [1.807, 2.05) is 0 Å². The standard InChI is InChI=1S/C78H152O17P2/c1-7-10-12-14-16-18-20-21-22-23-24-28-31-34-38-42-49-55-61-76(81)88-66-73(94-77(82)62-56-50-43-39-35-32-29-26-25-27-30-33-36-40-46-52-58-70(4)5)68-92-96(84,85)90-64-72(79)65-91-97(86,87)93-69-74(95-78(83)63-57-51-45-44-47-53-59-71(6)9-3)67-89-75(80)60-54-48-41-37-19-17-15-13-11-8-2/h70-74,79H,7-69H2,1-6H3,(H,84,85)(H,86,87)/t71?,72-,73-,74-/m1/s1. The lowest BCUT2D eigenvalue weighted by Crippen LogP contribution is -2.30. The minimum Gasteiger partial charge on any atom is -0.462 e. The van der Waals surface area contributed by atoms with Crippen molar-refractivity contribution in [2.75, 3.05) is 39.6 Å². The number of aliphatic hydroxyl groups excluding tert-OH is 1. The van der Waals surface area contributed by atoms with Gasteiger partial charge in [-0.3, -0.25) is 37.3 Å². The Bertz CT molecular complexity index is 1870. The van der Waals surface area contributed by atoms with E-state index in [2.05, 4.69) is 41.5 Å². The van der Waals surface area contributed by atoms with Crippen LogP contribution in [-0.4, -0.2) is 96.7 Å². The Kier molecular flexibility index (Phi) is 68.4. The van der Waals surface area contributed by atoms with Crippen LogP contribution >= 0.6 is 15.6 Å². The number of hydrogen-bond acceptors (Lipinski definition) is 15. The van der Waals surface area contributed by atoms with E-state index in [9.17, 15) is 43.2 Å². The Morgan fingerprint density at radius 3 is 0.784 bits per heavy atom. The van der Waals surface area contributed by atoms with E-state index >= 15 is 0 Å². The largest absolute Gasteiger partial charge is 0.472 e. The molecule has 0 heterocycles. The van der Waals surface area contributed by atoms with Gasteiger partial charge in [0.1, 0.15) is 19.3 Å². The first-order chi connectivity index (χ1) is 46.9. The van der Waals surface area contributed by atoms with Crippen LogP contribution in [0, 0.1) is 11.8 Å². The highest BCUT2D eigenvalue weighted by Crippen LogP contribution is 2.45. The van der Waals surface area contributed by atoms with E-state index in [0.717, 1.165) is 102 Å². The predicted molar refractivity (Wildman–Crippen MR) is 395 cm³/mol. The van der Waals surface area contributed by atoms with Crippen LogP contribution in [-0.2, 0) is 65.4 Å². The van der Waals surface area contributed by atoms with Crippen molar-refractivity contribution in [2.24, 2.45) is 11.8 Å². The molecule has 0 amide bonds. The van der Waals surface area contributed by atoms with Crippen molar-refractivity contribution >= 4 is 39.5 Å². The summed E-state index contributed by atoms with van der Waals surface area (Å²) < 4.78 is 68.5. The summed E-state index contributed by atoms with van der Waals surface area (Å²) in [5, 5.41) is 10.6. The molecule has 0 spiro atoms. The van der Waals surface area contributed by atoms with Crippen LogP contribution in [0.5, 0.6) is 0 Å². The summed E-state index contributed by atoms with van der Waals surface area (Å²) in [5.41, 5.74) is 0. The van der Waals surface area contributed by atoms with Crippen molar-refractivity contribution in [2.45, 2.75) is 426 Å². The van der Waals surface area contributed by atoms with Crippen LogP contribution in [0.1, 0.15) is 408 Å². The fraction of sp³-hybridized carbons (Fsp3) is 0.949. The van der Waals surface area contributed by atoms with Gasteiger partial charge in [-0.2, -0.15) is 0 Å². The average molecular weight is 1420 g/mol. The van der Waals surface area contributed by atoms with Gasteiger partial charge in [0.25, 0.3) is 0 Å². The highest BCUT2D eigenvalue weighted by Gasteiger charge is 2.30. The number of carbonyl (C=O) groups is 4. The van der Waals surface area contributed by atoms with E-state index in [1.165, 1.54) is 225 Å². The van der Waals surface area contributed by atoms with Crippen molar-refractivity contribution in [1.82, 2.24) is 0 Å². The maximum absolute atomic E-state index is 13.1. The molecule has 576 valence electrons. The molecule has 0 radical (unpaired) electrons. The minimum atomic E-state index is -4.96. The Hall–Kier alpha value is -1.94. The lowest BCUT2D eigenvalue weighted by molar-refractivity contribution is -0.161. The first-order valence-electron chi connectivity index (χ1n) is 40.5. The normalized spacial score (nSPS) is 14.2. The number of hydrogen-bond donors (Lipinski definition) is 3. The molecule has 0 aliphatic carbocycles. The van der Waals surface area contributed by atoms with Gasteiger partial charge in [-0.25, -0.2) is 9.13 Å². The van der Waals surface area contributed by atoms with Gasteiger partial charge in [0.2, 0.25) is 0 Å². The molecule has 0 aromatic rings. The number of esters is 4. The number of carbonyl (C=O) groups excluding carboxylic acids is 4. The van der Waals surface area contributed by atoms with E-state index in [-0.39, 0.29) is 25.7 Å². The third-order valence-corrected chi connectivity index (χ3v) is 20.5. The topological polar surface area (TPSA) is 237 Å². The number of unbranched alkanes of at least 4 members (excludes halogenated alkanes) is 46. The average Bonchev–Trinajstić information content (AvgIpc) is 0.990. The summed E-state index contributed by atoms with van der Waals surface area (Å²) in [5.74, 6) is -0.586. The van der Waals surface area contributed by atoms with Gasteiger partial charge in [0, 0.05) is 25.7 Å². The molecule has 0 saturated carbocycles. The molecule has 0 aliphatic rings. The van der Waals surface area contributed by atoms with Gasteiger partial charge >= 0.3 is 39.5 Å². The molecule has 0 aromatic heterocycles. The molecule has 0 fully saturated rings. The van der Waals surface area contributed by atoms with Gasteiger partial charge < -0.3 is 33.8 Å². The molecule has 0 aliphatic heterocycles. The molecule has 19 heteroatoms. The van der Waals surface area contributed by atoms with Gasteiger partial charge in [-0.15, -0.1) is 0 Å². The Morgan fingerprint density at radius 2 is 0.526 bits per heavy atom. The smallest absolute Gasteiger partial charge is 0.462 e. The Morgan fingerprint density at radius 1 is 0.299 bits per heavy atom. The molecule has 17 nitrogen and oxygen atoms in total. The Balaban J connectivity index is 5.21. The number of aliphatic hydroxyl groups is 1. The fourth-order valence-corrected chi connectivity index (χ4v) is 13.6. The second kappa shape index (κ2) is 69.8. The van der Waals surface area contributed by atoms with E-state index < -0.39 is 97.5 Å². The van der Waals surface area contributed by atoms with Gasteiger partial charge in [0.15, 0.2) is 12.2 Å². The summed E-state index contributed by atoms with van der Waals surface area (Å²) >= 11 is 0. The van der Waals surface area contributed by atoms with Crippen molar-refractivity contribution in [3.05, 3.63) is 0 Å². The summed E-state index contributed by atoms with van der Waals surface area (Å²) in [6.45, 7) is 9.58. The molecule has 0 rings (SSSR count). The molecule has 3 N–H and O–H groups in total. The lowest BCUT2D eigenvalue weighted by atomic mass is 10.00.